The summed E-state index contributed by atoms with van der Waals surface area (Å²) in [6.45, 7) is 0. The van der Waals surface area contributed by atoms with Gasteiger partial charge in [-0.3, -0.25) is 19.9 Å². The maximum atomic E-state index is 5.48. The Morgan fingerprint density at radius 2 is 0.717 bits per heavy atom. The van der Waals surface area contributed by atoms with Gasteiger partial charge in [-0.25, -0.2) is 20.0 Å². The Labute approximate surface area is 345 Å². The standard InChI is InChI=1S/C52H32N8/c1-3-13-45-37(9-1)27-47-51(57-45)49(35-19-15-33(16-20-35)39-25-41(31-53-29-39)43-11-5-7-23-55-43)60-48-28-38-10-2-4-14-46(38)58-52(48)50(59-47)36-21-17-34(18-22-36)40-26-42(32-54-30-40)44-12-6-8-24-56-44/h1-32H. The lowest BCUT2D eigenvalue weighted by Gasteiger charge is -2.18. The van der Waals surface area contributed by atoms with Crippen LogP contribution in [0.2, 0.25) is 0 Å². The quantitative estimate of drug-likeness (QED) is 0.167. The van der Waals surface area contributed by atoms with E-state index in [4.69, 9.17) is 20.0 Å². The second kappa shape index (κ2) is 14.9. The highest BCUT2D eigenvalue weighted by molar-refractivity contribution is 6.22. The van der Waals surface area contributed by atoms with Gasteiger partial charge in [0.2, 0.25) is 0 Å². The van der Waals surface area contributed by atoms with Crippen LogP contribution in [0.5, 0.6) is 0 Å². The average Bonchev–Trinajstić information content (AvgIpc) is 3.32. The molecular formula is C52H32N8. The van der Waals surface area contributed by atoms with Crippen molar-refractivity contribution < 1.29 is 0 Å². The number of rotatable bonds is 6. The van der Waals surface area contributed by atoms with Gasteiger partial charge >= 0.3 is 0 Å². The third kappa shape index (κ3) is 6.58. The SMILES string of the molecule is c1ccc(-c2cncc(-c3ccc(C4=Nc5cc6ccccc6nc5C(c5ccc(-c6cncc(-c7ccccn7)c6)cc5)=Nc5cc6ccccc6nc54)cc3)c2)nc1. The van der Waals surface area contributed by atoms with Crippen LogP contribution in [0.1, 0.15) is 22.5 Å². The van der Waals surface area contributed by atoms with E-state index in [1.807, 2.05) is 97.6 Å². The summed E-state index contributed by atoms with van der Waals surface area (Å²) in [6.07, 6.45) is 11.0. The summed E-state index contributed by atoms with van der Waals surface area (Å²) in [7, 11) is 0. The summed E-state index contributed by atoms with van der Waals surface area (Å²) in [6, 6.07) is 53.3. The van der Waals surface area contributed by atoms with Gasteiger partial charge in [-0.1, -0.05) is 97.1 Å². The zero-order chi connectivity index (χ0) is 39.8. The lowest BCUT2D eigenvalue weighted by Crippen LogP contribution is -2.13. The molecule has 1 aliphatic rings. The Hall–Kier alpha value is -8.36. The van der Waals surface area contributed by atoms with E-state index in [-0.39, 0.29) is 0 Å². The molecule has 0 radical (unpaired) electrons. The molecule has 4 aromatic carbocycles. The van der Waals surface area contributed by atoms with E-state index < -0.39 is 0 Å². The number of nitrogens with zero attached hydrogens (tertiary/aromatic N) is 8. The minimum Gasteiger partial charge on any atom is -0.263 e. The van der Waals surface area contributed by atoms with E-state index in [2.05, 4.69) is 105 Å². The number of aliphatic imine (C=N–C) groups is 2. The van der Waals surface area contributed by atoms with Crippen LogP contribution in [0.15, 0.2) is 205 Å². The van der Waals surface area contributed by atoms with Gasteiger partial charge in [-0.05, 0) is 71.8 Å². The molecule has 60 heavy (non-hydrogen) atoms. The van der Waals surface area contributed by atoms with E-state index in [0.29, 0.717) is 34.2 Å². The zero-order valence-corrected chi connectivity index (χ0v) is 32.1. The van der Waals surface area contributed by atoms with Crippen molar-refractivity contribution in [3.8, 4) is 44.8 Å². The monoisotopic (exact) mass is 768 g/mol. The van der Waals surface area contributed by atoms with Crippen molar-refractivity contribution in [3.63, 3.8) is 0 Å². The topological polar surface area (TPSA) is 102 Å². The fourth-order valence-corrected chi connectivity index (χ4v) is 7.66. The van der Waals surface area contributed by atoms with E-state index in [9.17, 15) is 0 Å². The molecule has 7 heterocycles. The lowest BCUT2D eigenvalue weighted by atomic mass is 9.97. The minimum atomic E-state index is 0.686. The largest absolute Gasteiger partial charge is 0.263 e. The molecule has 280 valence electrons. The van der Waals surface area contributed by atoms with Gasteiger partial charge in [0, 0.05) is 81.3 Å². The maximum absolute atomic E-state index is 5.48. The molecule has 0 aliphatic carbocycles. The van der Waals surface area contributed by atoms with Crippen LogP contribution in [0.4, 0.5) is 11.4 Å². The number of fused-ring (bicyclic) bond motifs is 4. The first-order valence-electron chi connectivity index (χ1n) is 19.6. The van der Waals surface area contributed by atoms with Gasteiger partial charge in [-0.2, -0.15) is 0 Å². The summed E-state index contributed by atoms with van der Waals surface area (Å²) in [4.78, 5) is 39.6. The van der Waals surface area contributed by atoms with Crippen molar-refractivity contribution in [2.75, 3.05) is 0 Å². The number of benzene rings is 4. The summed E-state index contributed by atoms with van der Waals surface area (Å²) in [5.41, 5.74) is 15.4. The van der Waals surface area contributed by atoms with Crippen LogP contribution in [0.25, 0.3) is 66.6 Å². The van der Waals surface area contributed by atoms with Crippen molar-refractivity contribution in [1.29, 1.82) is 0 Å². The van der Waals surface area contributed by atoms with Crippen molar-refractivity contribution in [3.05, 3.63) is 217 Å². The fourth-order valence-electron chi connectivity index (χ4n) is 7.66. The molecule has 8 nitrogen and oxygen atoms in total. The van der Waals surface area contributed by atoms with E-state index in [0.717, 1.165) is 77.7 Å². The first-order valence-corrected chi connectivity index (χ1v) is 19.6. The second-order valence-electron chi connectivity index (χ2n) is 14.5. The number of hydrogen-bond acceptors (Lipinski definition) is 8. The molecule has 0 amide bonds. The molecule has 1 aliphatic heterocycles. The molecular weight excluding hydrogens is 737 g/mol. The predicted octanol–water partition coefficient (Wildman–Crippen LogP) is 11.7. The molecule has 0 spiro atoms. The summed E-state index contributed by atoms with van der Waals surface area (Å²) < 4.78 is 0. The van der Waals surface area contributed by atoms with E-state index in [1.54, 1.807) is 12.4 Å². The normalized spacial score (nSPS) is 12.2. The first-order chi connectivity index (χ1) is 29.7. The zero-order valence-electron chi connectivity index (χ0n) is 32.1. The average molecular weight is 769 g/mol. The van der Waals surface area contributed by atoms with Gasteiger partial charge < -0.3 is 0 Å². The molecule has 0 bridgehead atoms. The van der Waals surface area contributed by atoms with Crippen molar-refractivity contribution in [2.45, 2.75) is 0 Å². The molecule has 11 rings (SSSR count). The van der Waals surface area contributed by atoms with Crippen molar-refractivity contribution in [2.24, 2.45) is 9.98 Å². The fraction of sp³-hybridized carbons (Fsp3) is 0. The van der Waals surface area contributed by atoms with E-state index in [1.165, 1.54) is 0 Å². The van der Waals surface area contributed by atoms with Gasteiger partial charge in [0.1, 0.15) is 11.4 Å². The highest BCUT2D eigenvalue weighted by atomic mass is 14.9. The number of para-hydroxylation sites is 2. The Kier molecular flexibility index (Phi) is 8.63. The van der Waals surface area contributed by atoms with Crippen LogP contribution in [0, 0.1) is 0 Å². The molecule has 0 atom stereocenters. The number of hydrogen-bond donors (Lipinski definition) is 0. The van der Waals surface area contributed by atoms with Gasteiger partial charge in [0.15, 0.2) is 0 Å². The molecule has 0 saturated heterocycles. The molecule has 0 unspecified atom stereocenters. The van der Waals surface area contributed by atoms with Crippen molar-refractivity contribution >= 4 is 44.6 Å². The second-order valence-corrected chi connectivity index (χ2v) is 14.5. The molecule has 6 aromatic heterocycles. The van der Waals surface area contributed by atoms with Gasteiger partial charge in [0.25, 0.3) is 0 Å². The highest BCUT2D eigenvalue weighted by Gasteiger charge is 2.24. The van der Waals surface area contributed by atoms with Gasteiger partial charge in [0.05, 0.1) is 45.2 Å². The molecule has 10 aromatic rings. The Balaban J connectivity index is 1.05. The Morgan fingerprint density at radius 1 is 0.317 bits per heavy atom. The smallest absolute Gasteiger partial charge is 0.116 e. The lowest BCUT2D eigenvalue weighted by molar-refractivity contribution is 1.27. The number of aromatic nitrogens is 6. The highest BCUT2D eigenvalue weighted by Crippen LogP contribution is 2.36. The first kappa shape index (κ1) is 34.9. The Bertz CT molecular complexity index is 3070. The molecule has 0 saturated carbocycles. The van der Waals surface area contributed by atoms with Crippen LogP contribution < -0.4 is 0 Å². The molecule has 0 N–H and O–H groups in total. The summed E-state index contributed by atoms with van der Waals surface area (Å²) in [5, 5.41) is 1.97. The predicted molar refractivity (Wildman–Crippen MR) is 240 cm³/mol. The maximum Gasteiger partial charge on any atom is 0.116 e. The summed E-state index contributed by atoms with van der Waals surface area (Å²) in [5.74, 6) is 0. The van der Waals surface area contributed by atoms with Crippen LogP contribution >= 0.6 is 0 Å². The van der Waals surface area contributed by atoms with Crippen LogP contribution in [0.3, 0.4) is 0 Å². The molecule has 8 heteroatoms. The third-order valence-corrected chi connectivity index (χ3v) is 10.7. The number of pyridine rings is 6. The van der Waals surface area contributed by atoms with Crippen LogP contribution in [-0.4, -0.2) is 41.3 Å². The van der Waals surface area contributed by atoms with Gasteiger partial charge in [-0.15, -0.1) is 0 Å². The third-order valence-electron chi connectivity index (χ3n) is 10.7. The van der Waals surface area contributed by atoms with Crippen molar-refractivity contribution in [1.82, 2.24) is 29.9 Å². The summed E-state index contributed by atoms with van der Waals surface area (Å²) >= 11 is 0. The van der Waals surface area contributed by atoms with E-state index >= 15 is 0 Å². The minimum absolute atomic E-state index is 0.686. The Morgan fingerprint density at radius 3 is 1.15 bits per heavy atom. The van der Waals surface area contributed by atoms with Crippen LogP contribution in [-0.2, 0) is 0 Å². The molecule has 0 fully saturated rings.